The summed E-state index contributed by atoms with van der Waals surface area (Å²) in [4.78, 5) is 32.1. The van der Waals surface area contributed by atoms with Crippen LogP contribution in [0.25, 0.3) is 6.08 Å². The van der Waals surface area contributed by atoms with Gasteiger partial charge < -0.3 is 14.2 Å². The van der Waals surface area contributed by atoms with Gasteiger partial charge in [-0.2, -0.15) is 0 Å². The maximum Gasteiger partial charge on any atom is 0.338 e. The Kier molecular flexibility index (Phi) is 7.45. The second kappa shape index (κ2) is 10.5. The third kappa shape index (κ3) is 4.86. The summed E-state index contributed by atoms with van der Waals surface area (Å²) in [6, 6.07) is 12.5. The van der Waals surface area contributed by atoms with E-state index >= 15 is 0 Å². The molecule has 3 aromatic rings. The number of allylic oxidation sites excluding steroid dienone is 1. The van der Waals surface area contributed by atoms with E-state index in [-0.39, 0.29) is 18.3 Å². The van der Waals surface area contributed by atoms with E-state index in [1.165, 1.54) is 11.3 Å². The van der Waals surface area contributed by atoms with E-state index in [2.05, 4.69) is 4.99 Å². The van der Waals surface area contributed by atoms with Gasteiger partial charge in [0.25, 0.3) is 5.56 Å². The lowest BCUT2D eigenvalue weighted by Gasteiger charge is -2.26. The van der Waals surface area contributed by atoms with Crippen molar-refractivity contribution in [2.45, 2.75) is 46.8 Å². The molecule has 0 radical (unpaired) electrons. The highest BCUT2D eigenvalue weighted by Gasteiger charge is 2.35. The third-order valence-corrected chi connectivity index (χ3v) is 6.79. The molecule has 188 valence electrons. The van der Waals surface area contributed by atoms with Gasteiger partial charge in [-0.3, -0.25) is 9.36 Å². The van der Waals surface area contributed by atoms with Crippen LogP contribution < -0.4 is 24.4 Å². The molecule has 1 aliphatic heterocycles. The van der Waals surface area contributed by atoms with Crippen LogP contribution in [0.2, 0.25) is 0 Å². The van der Waals surface area contributed by atoms with Crippen LogP contribution in [0.1, 0.15) is 50.4 Å². The van der Waals surface area contributed by atoms with Gasteiger partial charge in [-0.05, 0) is 70.0 Å². The topological polar surface area (TPSA) is 79.1 Å². The number of fused-ring (bicyclic) bond motifs is 1. The smallest absolute Gasteiger partial charge is 0.338 e. The van der Waals surface area contributed by atoms with Gasteiger partial charge in [-0.15, -0.1) is 0 Å². The average Bonchev–Trinajstić information content (AvgIpc) is 3.13. The van der Waals surface area contributed by atoms with Gasteiger partial charge in [0.15, 0.2) is 4.80 Å². The molecule has 7 nitrogen and oxygen atoms in total. The van der Waals surface area contributed by atoms with Crippen molar-refractivity contribution in [2.75, 3.05) is 13.7 Å². The van der Waals surface area contributed by atoms with Crippen LogP contribution in [0.5, 0.6) is 11.5 Å². The summed E-state index contributed by atoms with van der Waals surface area (Å²) in [6.07, 6.45) is 1.75. The van der Waals surface area contributed by atoms with Gasteiger partial charge in [-0.1, -0.05) is 35.6 Å². The quantitative estimate of drug-likeness (QED) is 0.454. The normalized spacial score (nSPS) is 15.5. The minimum atomic E-state index is -0.727. The molecule has 0 unspecified atom stereocenters. The number of para-hydroxylation sites is 1. The van der Waals surface area contributed by atoms with Crippen molar-refractivity contribution in [2.24, 2.45) is 4.99 Å². The standard InChI is InChI=1S/C28H30N2O5S/c1-7-34-27(32)24-18(5)29-28-30(25(24)20-10-8-9-11-22(20)35-16(2)3)26(31)23(36-28)15-19-12-13-21(33-6)17(4)14-19/h8-16,25H,7H2,1-6H3/b23-15+/t25-/m0/s1. The van der Waals surface area contributed by atoms with Gasteiger partial charge in [0.05, 0.1) is 35.6 Å². The molecular weight excluding hydrogens is 476 g/mol. The van der Waals surface area contributed by atoms with Gasteiger partial charge in [-0.25, -0.2) is 9.79 Å². The number of methoxy groups -OCH3 is 1. The summed E-state index contributed by atoms with van der Waals surface area (Å²) >= 11 is 1.29. The number of ether oxygens (including phenoxy) is 3. The summed E-state index contributed by atoms with van der Waals surface area (Å²) in [5.41, 5.74) is 3.17. The van der Waals surface area contributed by atoms with E-state index < -0.39 is 12.0 Å². The van der Waals surface area contributed by atoms with Crippen molar-refractivity contribution < 1.29 is 19.0 Å². The minimum Gasteiger partial charge on any atom is -0.496 e. The van der Waals surface area contributed by atoms with E-state index in [4.69, 9.17) is 14.2 Å². The Bertz CT molecular complexity index is 1510. The van der Waals surface area contributed by atoms with Gasteiger partial charge >= 0.3 is 5.97 Å². The number of hydrogen-bond donors (Lipinski definition) is 0. The molecule has 0 fully saturated rings. The fourth-order valence-corrected chi connectivity index (χ4v) is 5.34. The van der Waals surface area contributed by atoms with Crippen molar-refractivity contribution >= 4 is 23.4 Å². The predicted molar refractivity (Wildman–Crippen MR) is 140 cm³/mol. The second-order valence-corrected chi connectivity index (χ2v) is 9.74. The Hall–Kier alpha value is -3.65. The van der Waals surface area contributed by atoms with Crippen molar-refractivity contribution in [3.05, 3.63) is 90.1 Å². The first-order valence-corrected chi connectivity index (χ1v) is 12.7. The van der Waals surface area contributed by atoms with Crippen LogP contribution in [0.4, 0.5) is 0 Å². The van der Waals surface area contributed by atoms with Crippen molar-refractivity contribution in [1.29, 1.82) is 0 Å². The fourth-order valence-electron chi connectivity index (χ4n) is 4.30. The van der Waals surface area contributed by atoms with Crippen LogP contribution in [0.3, 0.4) is 0 Å². The van der Waals surface area contributed by atoms with Crippen molar-refractivity contribution in [1.82, 2.24) is 4.57 Å². The second-order valence-electron chi connectivity index (χ2n) is 8.74. The Morgan fingerprint density at radius 2 is 1.92 bits per heavy atom. The molecule has 2 aromatic carbocycles. The Labute approximate surface area is 214 Å². The molecule has 0 N–H and O–H groups in total. The Morgan fingerprint density at radius 1 is 1.17 bits per heavy atom. The first-order chi connectivity index (χ1) is 17.2. The number of esters is 1. The molecule has 1 aromatic heterocycles. The van der Waals surface area contributed by atoms with Crippen LogP contribution in [-0.2, 0) is 9.53 Å². The van der Waals surface area contributed by atoms with Crippen LogP contribution in [0.15, 0.2) is 63.5 Å². The highest BCUT2D eigenvalue weighted by atomic mass is 32.1. The number of carbonyl (C=O) groups is 1. The molecule has 0 bridgehead atoms. The van der Waals surface area contributed by atoms with Crippen LogP contribution in [0, 0.1) is 6.92 Å². The molecule has 0 aliphatic carbocycles. The molecule has 1 atom stereocenters. The Morgan fingerprint density at radius 3 is 2.58 bits per heavy atom. The number of nitrogens with zero attached hydrogens (tertiary/aromatic N) is 2. The summed E-state index contributed by atoms with van der Waals surface area (Å²) < 4.78 is 18.9. The third-order valence-electron chi connectivity index (χ3n) is 5.81. The summed E-state index contributed by atoms with van der Waals surface area (Å²) in [5.74, 6) is 0.891. The number of rotatable bonds is 7. The van der Waals surface area contributed by atoms with Gasteiger partial charge in [0.1, 0.15) is 17.5 Å². The minimum absolute atomic E-state index is 0.0866. The first kappa shape index (κ1) is 25.4. The zero-order valence-corrected chi connectivity index (χ0v) is 22.1. The van der Waals surface area contributed by atoms with E-state index in [0.29, 0.717) is 31.9 Å². The number of aryl methyl sites for hydroxylation is 1. The largest absolute Gasteiger partial charge is 0.496 e. The molecule has 36 heavy (non-hydrogen) atoms. The highest BCUT2D eigenvalue weighted by Crippen LogP contribution is 2.36. The maximum absolute atomic E-state index is 13.8. The number of benzene rings is 2. The molecule has 0 saturated heterocycles. The molecule has 4 rings (SSSR count). The number of aromatic nitrogens is 1. The zero-order valence-electron chi connectivity index (χ0n) is 21.3. The fraction of sp³-hybridized carbons (Fsp3) is 0.321. The van der Waals surface area contributed by atoms with Crippen molar-refractivity contribution in [3.63, 3.8) is 0 Å². The average molecular weight is 507 g/mol. The maximum atomic E-state index is 13.8. The zero-order chi connectivity index (χ0) is 26.0. The summed E-state index contributed by atoms with van der Waals surface area (Å²) in [5, 5.41) is 0. The Balaban J connectivity index is 1.96. The molecule has 0 saturated carbocycles. The summed E-state index contributed by atoms with van der Waals surface area (Å²) in [6.45, 7) is 9.57. The van der Waals surface area contributed by atoms with Crippen LogP contribution >= 0.6 is 11.3 Å². The molecule has 1 aliphatic rings. The monoisotopic (exact) mass is 506 g/mol. The van der Waals surface area contributed by atoms with E-state index in [1.807, 2.05) is 69.3 Å². The van der Waals surface area contributed by atoms with E-state index in [1.54, 1.807) is 25.5 Å². The lowest BCUT2D eigenvalue weighted by atomic mass is 9.95. The highest BCUT2D eigenvalue weighted by molar-refractivity contribution is 7.07. The van der Waals surface area contributed by atoms with Gasteiger partial charge in [0.2, 0.25) is 0 Å². The van der Waals surface area contributed by atoms with E-state index in [9.17, 15) is 9.59 Å². The number of carbonyl (C=O) groups excluding carboxylic acids is 1. The summed E-state index contributed by atoms with van der Waals surface area (Å²) in [7, 11) is 1.63. The van der Waals surface area contributed by atoms with Crippen molar-refractivity contribution in [3.8, 4) is 11.5 Å². The first-order valence-electron chi connectivity index (χ1n) is 11.8. The van der Waals surface area contributed by atoms with Gasteiger partial charge in [0, 0.05) is 5.56 Å². The van der Waals surface area contributed by atoms with E-state index in [0.717, 1.165) is 16.9 Å². The van der Waals surface area contributed by atoms with Crippen LogP contribution in [-0.4, -0.2) is 30.4 Å². The molecular formula is C28H30N2O5S. The number of thiazole rings is 1. The number of hydrogen-bond acceptors (Lipinski definition) is 7. The lowest BCUT2D eigenvalue weighted by Crippen LogP contribution is -2.40. The lowest BCUT2D eigenvalue weighted by molar-refractivity contribution is -0.139. The molecule has 8 heteroatoms. The SMILES string of the molecule is CCOC(=O)C1=C(C)N=c2s/c(=C/c3ccc(OC)c(C)c3)c(=O)n2[C@H]1c1ccccc1OC(C)C. The molecule has 0 amide bonds. The molecule has 2 heterocycles. The predicted octanol–water partition coefficient (Wildman–Crippen LogP) is 3.90. The molecule has 0 spiro atoms.